The zero-order valence-electron chi connectivity index (χ0n) is 8.46. The van der Waals surface area contributed by atoms with Crippen molar-refractivity contribution in [1.82, 2.24) is 9.97 Å². The number of nitrogens with one attached hydrogen (secondary N) is 2. The monoisotopic (exact) mass is 245 g/mol. The van der Waals surface area contributed by atoms with Crippen LogP contribution in [0.25, 0.3) is 0 Å². The van der Waals surface area contributed by atoms with Crippen LogP contribution in [0.2, 0.25) is 0 Å². The van der Waals surface area contributed by atoms with Crippen LogP contribution in [-0.4, -0.2) is 27.3 Å². The van der Waals surface area contributed by atoms with Gasteiger partial charge in [0, 0.05) is 6.07 Å². The van der Waals surface area contributed by atoms with Crippen molar-refractivity contribution in [2.24, 2.45) is 0 Å². The molecule has 1 rings (SSSR count). The summed E-state index contributed by atoms with van der Waals surface area (Å²) >= 11 is 0. The van der Waals surface area contributed by atoms with Crippen molar-refractivity contribution in [2.75, 3.05) is 0 Å². The molecule has 92 valence electrons. The second-order valence-electron chi connectivity index (χ2n) is 2.80. The maximum atomic E-state index is 11.3. The van der Waals surface area contributed by atoms with Gasteiger partial charge in [0.25, 0.3) is 10.6 Å². The Balaban J connectivity index is 2.80. The molecule has 0 aliphatic heterocycles. The smallest absolute Gasteiger partial charge is 0.357 e. The summed E-state index contributed by atoms with van der Waals surface area (Å²) in [7, 11) is 0. The number of aromatic nitrogens is 2. The topological polar surface area (TPSA) is 144 Å². The number of hydrogen-bond acceptors (Lipinski definition) is 7. The lowest BCUT2D eigenvalue weighted by Gasteiger charge is -2.09. The second-order valence-corrected chi connectivity index (χ2v) is 2.80. The Morgan fingerprint density at radius 2 is 2.12 bits per heavy atom. The van der Waals surface area contributed by atoms with Crippen LogP contribution in [-0.2, 0) is 9.57 Å². The number of nitrogens with zero attached hydrogens (tertiary/aromatic N) is 1. The summed E-state index contributed by atoms with van der Waals surface area (Å²) in [5.41, 5.74) is -2.13. The molecule has 0 saturated heterocycles. The molecule has 1 aromatic rings. The highest BCUT2D eigenvalue weighted by Crippen LogP contribution is 1.99. The van der Waals surface area contributed by atoms with E-state index in [0.717, 1.165) is 13.0 Å². The van der Waals surface area contributed by atoms with Crippen LogP contribution in [0.3, 0.4) is 0 Å². The average molecular weight is 245 g/mol. The molecule has 10 nitrogen and oxygen atoms in total. The molecule has 1 aromatic heterocycles. The second kappa shape index (κ2) is 4.92. The third kappa shape index (κ3) is 3.77. The Kier molecular flexibility index (Phi) is 3.59. The van der Waals surface area contributed by atoms with Crippen molar-refractivity contribution in [3.05, 3.63) is 42.7 Å². The summed E-state index contributed by atoms with van der Waals surface area (Å²) in [5.74, 6) is -1.12. The van der Waals surface area contributed by atoms with E-state index in [2.05, 4.69) is 9.57 Å². The number of carbonyl (C=O) groups excluding carboxylic acids is 1. The van der Waals surface area contributed by atoms with Crippen LogP contribution < -0.4 is 11.2 Å². The zero-order valence-corrected chi connectivity index (χ0v) is 8.46. The molecular weight excluding hydrogens is 238 g/mol. The summed E-state index contributed by atoms with van der Waals surface area (Å²) in [6, 6.07) is 0.780. The van der Waals surface area contributed by atoms with Gasteiger partial charge < -0.3 is 9.72 Å². The van der Waals surface area contributed by atoms with E-state index in [9.17, 15) is 24.5 Å². The Labute approximate surface area is 92.3 Å². The Morgan fingerprint density at radius 1 is 1.47 bits per heavy atom. The molecule has 0 radical (unpaired) electrons. The van der Waals surface area contributed by atoms with Gasteiger partial charge in [-0.3, -0.25) is 14.6 Å². The normalized spacial score (nSPS) is 11.6. The lowest BCUT2D eigenvalue weighted by atomic mass is 10.4. The van der Waals surface area contributed by atoms with Crippen LogP contribution in [0.15, 0.2) is 15.7 Å². The van der Waals surface area contributed by atoms with Gasteiger partial charge in [0.05, 0.1) is 0 Å². The van der Waals surface area contributed by atoms with Crippen molar-refractivity contribution in [2.45, 2.75) is 13.2 Å². The van der Waals surface area contributed by atoms with Gasteiger partial charge in [0.1, 0.15) is 5.69 Å². The fraction of sp³-hybridized carbons (Fsp3) is 0.286. The Bertz CT molecular complexity index is 517. The van der Waals surface area contributed by atoms with Gasteiger partial charge >= 0.3 is 11.7 Å². The minimum absolute atomic E-state index is 0.433. The first-order valence-corrected chi connectivity index (χ1v) is 4.24. The molecule has 17 heavy (non-hydrogen) atoms. The van der Waals surface area contributed by atoms with Gasteiger partial charge in [-0.1, -0.05) is 0 Å². The Hall–Kier alpha value is -2.65. The highest BCUT2D eigenvalue weighted by Gasteiger charge is 2.16. The Morgan fingerprint density at radius 3 is 2.65 bits per heavy atom. The molecule has 0 saturated carbocycles. The number of ether oxygens (including phenoxy) is 1. The number of esters is 1. The summed E-state index contributed by atoms with van der Waals surface area (Å²) in [4.78, 5) is 50.6. The van der Waals surface area contributed by atoms with Gasteiger partial charge in [-0.25, -0.2) is 9.59 Å². The maximum Gasteiger partial charge on any atom is 0.357 e. The summed E-state index contributed by atoms with van der Waals surface area (Å²) in [6.07, 6.45) is -1.46. The van der Waals surface area contributed by atoms with Crippen molar-refractivity contribution in [3.8, 4) is 0 Å². The third-order valence-corrected chi connectivity index (χ3v) is 1.49. The molecular formula is C7H7N3O7. The minimum atomic E-state index is -1.46. The number of rotatable bonds is 4. The van der Waals surface area contributed by atoms with Crippen LogP contribution in [0.4, 0.5) is 0 Å². The minimum Gasteiger partial charge on any atom is -0.431 e. The summed E-state index contributed by atoms with van der Waals surface area (Å²) in [6.45, 7) is 1.10. The van der Waals surface area contributed by atoms with E-state index in [1.165, 1.54) is 0 Å². The van der Waals surface area contributed by atoms with E-state index in [1.54, 1.807) is 0 Å². The standard InChI is InChI=1S/C7H7N3O7/c1-3(17-10(14)15)16-6(12)4-2-5(11)9-7(13)8-4/h2-3H,1H3,(H2,8,9,11,13). The first-order chi connectivity index (χ1) is 7.88. The lowest BCUT2D eigenvalue weighted by Crippen LogP contribution is -2.28. The molecule has 2 N–H and O–H groups in total. The molecule has 0 fully saturated rings. The SMILES string of the molecule is CC(OC(=O)c1cc(=O)[nH]c(=O)[nH]1)O[N+](=O)[O-]. The van der Waals surface area contributed by atoms with Crippen molar-refractivity contribution in [3.63, 3.8) is 0 Å². The van der Waals surface area contributed by atoms with Crippen LogP contribution >= 0.6 is 0 Å². The molecule has 10 heteroatoms. The van der Waals surface area contributed by atoms with Gasteiger partial charge in [-0.15, -0.1) is 10.1 Å². The average Bonchev–Trinajstić information content (AvgIpc) is 2.14. The molecule has 1 unspecified atom stereocenters. The van der Waals surface area contributed by atoms with Crippen LogP contribution in [0, 0.1) is 10.1 Å². The predicted octanol–water partition coefficient (Wildman–Crippen LogP) is -1.23. The lowest BCUT2D eigenvalue weighted by molar-refractivity contribution is -0.777. The third-order valence-electron chi connectivity index (χ3n) is 1.49. The highest BCUT2D eigenvalue weighted by atomic mass is 17.0. The number of aromatic amines is 2. The van der Waals surface area contributed by atoms with Gasteiger partial charge in [0.15, 0.2) is 0 Å². The molecule has 0 aliphatic rings. The summed E-state index contributed by atoms with van der Waals surface area (Å²) in [5, 5.41) is 8.77. The zero-order chi connectivity index (χ0) is 13.0. The van der Waals surface area contributed by atoms with Crippen LogP contribution in [0.5, 0.6) is 0 Å². The molecule has 0 bridgehead atoms. The molecule has 1 atom stereocenters. The molecule has 0 amide bonds. The van der Waals surface area contributed by atoms with Crippen molar-refractivity contribution in [1.29, 1.82) is 0 Å². The van der Waals surface area contributed by atoms with E-state index < -0.39 is 34.3 Å². The number of hydrogen-bond donors (Lipinski definition) is 2. The van der Waals surface area contributed by atoms with E-state index in [1.807, 2.05) is 9.97 Å². The summed E-state index contributed by atoms with van der Waals surface area (Å²) < 4.78 is 4.43. The molecule has 0 aliphatic carbocycles. The first-order valence-electron chi connectivity index (χ1n) is 4.24. The fourth-order valence-electron chi connectivity index (χ4n) is 0.936. The van der Waals surface area contributed by atoms with Gasteiger partial charge in [0.2, 0.25) is 6.29 Å². The van der Waals surface area contributed by atoms with Crippen LogP contribution in [0.1, 0.15) is 17.4 Å². The van der Waals surface area contributed by atoms with Gasteiger partial charge in [-0.2, -0.15) is 0 Å². The van der Waals surface area contributed by atoms with E-state index in [0.29, 0.717) is 0 Å². The van der Waals surface area contributed by atoms with Crippen molar-refractivity contribution < 1.29 is 19.5 Å². The molecule has 0 aromatic carbocycles. The van der Waals surface area contributed by atoms with E-state index in [-0.39, 0.29) is 0 Å². The first kappa shape index (κ1) is 12.4. The molecule has 1 heterocycles. The predicted molar refractivity (Wildman–Crippen MR) is 50.6 cm³/mol. The van der Waals surface area contributed by atoms with Crippen molar-refractivity contribution >= 4 is 5.97 Å². The fourth-order valence-corrected chi connectivity index (χ4v) is 0.936. The van der Waals surface area contributed by atoms with Gasteiger partial charge in [-0.05, 0) is 6.92 Å². The largest absolute Gasteiger partial charge is 0.431 e. The maximum absolute atomic E-state index is 11.3. The van der Waals surface area contributed by atoms with E-state index >= 15 is 0 Å². The molecule has 0 spiro atoms. The quantitative estimate of drug-likeness (QED) is 0.292. The number of H-pyrrole nitrogens is 2. The highest BCUT2D eigenvalue weighted by molar-refractivity contribution is 5.86. The number of carbonyl (C=O) groups is 1. The van der Waals surface area contributed by atoms with E-state index in [4.69, 9.17) is 0 Å².